The van der Waals surface area contributed by atoms with Gasteiger partial charge in [-0.3, -0.25) is 14.6 Å². The number of imidazole rings is 1. The molecule has 3 saturated heterocycles. The number of carbonyl (C=O) groups excluding carboxylic acids is 4. The summed E-state index contributed by atoms with van der Waals surface area (Å²) in [6, 6.07) is 13.0. The maximum Gasteiger partial charge on any atom is 0.407 e. The number of benzene rings is 3. The third kappa shape index (κ3) is 8.32. The second kappa shape index (κ2) is 17.8. The molecule has 5 aliphatic rings. The first-order valence-corrected chi connectivity index (χ1v) is 23.2. The van der Waals surface area contributed by atoms with Gasteiger partial charge in [-0.1, -0.05) is 32.0 Å². The second-order valence-corrected chi connectivity index (χ2v) is 19.1. The van der Waals surface area contributed by atoms with Gasteiger partial charge in [0.2, 0.25) is 11.8 Å². The second-order valence-electron chi connectivity index (χ2n) is 19.1. The van der Waals surface area contributed by atoms with Crippen molar-refractivity contribution in [2.75, 3.05) is 14.2 Å². The Morgan fingerprint density at radius 2 is 1.51 bits per heavy atom. The molecule has 65 heavy (non-hydrogen) atoms. The highest BCUT2D eigenvalue weighted by Crippen LogP contribution is 2.45. The van der Waals surface area contributed by atoms with Gasteiger partial charge in [0.15, 0.2) is 0 Å². The zero-order valence-corrected chi connectivity index (χ0v) is 38.6. The minimum atomic E-state index is -0.727. The van der Waals surface area contributed by atoms with Crippen LogP contribution in [-0.4, -0.2) is 106 Å². The molecule has 0 spiro atoms. The topological polar surface area (TPSA) is 177 Å². The van der Waals surface area contributed by atoms with Gasteiger partial charge in [-0.25, -0.2) is 14.6 Å². The Morgan fingerprint density at radius 3 is 2.22 bits per heavy atom. The molecule has 6 heterocycles. The molecule has 3 fully saturated rings. The molecule has 4 amide bonds. The number of nitrogens with one attached hydrogen (secondary N) is 3. The molecule has 9 rings (SSSR count). The van der Waals surface area contributed by atoms with Gasteiger partial charge in [0.1, 0.15) is 30.3 Å². The first-order valence-electron chi connectivity index (χ1n) is 23.2. The average molecular weight is 888 g/mol. The van der Waals surface area contributed by atoms with E-state index in [1.807, 2.05) is 50.6 Å². The summed E-state index contributed by atoms with van der Waals surface area (Å²) in [5.74, 6) is 1.07. The lowest BCUT2D eigenvalue weighted by atomic mass is 9.85. The van der Waals surface area contributed by atoms with E-state index in [1.165, 1.54) is 14.2 Å². The van der Waals surface area contributed by atoms with Crippen molar-refractivity contribution in [3.8, 4) is 28.1 Å². The monoisotopic (exact) mass is 887 g/mol. The highest BCUT2D eigenvalue weighted by Gasteiger charge is 2.46. The van der Waals surface area contributed by atoms with Crippen molar-refractivity contribution in [1.29, 1.82) is 0 Å². The lowest BCUT2D eigenvalue weighted by molar-refractivity contribution is -0.139. The molecule has 0 saturated carbocycles. The van der Waals surface area contributed by atoms with E-state index in [-0.39, 0.29) is 60.0 Å². The molecule has 9 atom stereocenters. The van der Waals surface area contributed by atoms with Gasteiger partial charge in [0.05, 0.1) is 56.1 Å². The van der Waals surface area contributed by atoms with Crippen LogP contribution in [0.2, 0.25) is 0 Å². The first-order chi connectivity index (χ1) is 31.2. The highest BCUT2D eigenvalue weighted by molar-refractivity contribution is 6.06. The summed E-state index contributed by atoms with van der Waals surface area (Å²) in [4.78, 5) is 70.6. The highest BCUT2D eigenvalue weighted by atomic mass is 16.5. The number of alkyl carbamates (subject to hydrolysis) is 2. The predicted octanol–water partition coefficient (Wildman–Crippen LogP) is 8.16. The fourth-order valence-corrected chi connectivity index (χ4v) is 11.2. The van der Waals surface area contributed by atoms with E-state index in [4.69, 9.17) is 28.9 Å². The molecule has 0 radical (unpaired) electrons. The number of hydrogen-bond acceptors (Lipinski definition) is 10. The van der Waals surface area contributed by atoms with Crippen LogP contribution in [0, 0.1) is 11.8 Å². The maximum atomic E-state index is 14.6. The van der Waals surface area contributed by atoms with Gasteiger partial charge < -0.3 is 44.4 Å². The van der Waals surface area contributed by atoms with E-state index in [0.29, 0.717) is 31.7 Å². The summed E-state index contributed by atoms with van der Waals surface area (Å²) < 4.78 is 22.3. The fourth-order valence-electron chi connectivity index (χ4n) is 11.2. The number of H-pyrrole nitrogens is 1. The van der Waals surface area contributed by atoms with Gasteiger partial charge in [-0.2, -0.15) is 0 Å². The summed E-state index contributed by atoms with van der Waals surface area (Å²) in [5, 5.41) is 7.81. The van der Waals surface area contributed by atoms with Crippen molar-refractivity contribution >= 4 is 46.2 Å². The van der Waals surface area contributed by atoms with E-state index in [9.17, 15) is 19.2 Å². The molecule has 4 aromatic rings. The van der Waals surface area contributed by atoms with Crippen molar-refractivity contribution in [1.82, 2.24) is 30.4 Å². The minimum Gasteiger partial charge on any atom is -0.488 e. The quantitative estimate of drug-likeness (QED) is 0.150. The normalized spacial score (nSPS) is 25.6. The number of amides is 4. The third-order valence-electron chi connectivity index (χ3n) is 14.4. The third-order valence-corrected chi connectivity index (χ3v) is 14.4. The van der Waals surface area contributed by atoms with Crippen molar-refractivity contribution in [3.63, 3.8) is 0 Å². The number of fused-ring (bicyclic) bond motifs is 6. The Morgan fingerprint density at radius 1 is 0.815 bits per heavy atom. The molecule has 1 unspecified atom stereocenters. The predicted molar refractivity (Wildman–Crippen MR) is 246 cm³/mol. The Labute approximate surface area is 380 Å². The number of methoxy groups -OCH3 is 2. The van der Waals surface area contributed by atoms with Crippen molar-refractivity contribution < 1.29 is 38.1 Å². The smallest absolute Gasteiger partial charge is 0.407 e. The van der Waals surface area contributed by atoms with Crippen LogP contribution in [0.4, 0.5) is 15.3 Å². The fraction of sp³-hybridized carbons (Fsp3) is 0.520. The van der Waals surface area contributed by atoms with Crippen molar-refractivity contribution in [2.45, 2.75) is 142 Å². The van der Waals surface area contributed by atoms with Crippen LogP contribution in [0.1, 0.15) is 103 Å². The number of nitrogens with zero attached hydrogens (tertiary/aromatic N) is 4. The van der Waals surface area contributed by atoms with Gasteiger partial charge >= 0.3 is 12.2 Å². The Bertz CT molecular complexity index is 2540. The molecule has 3 N–H and O–H groups in total. The minimum absolute atomic E-state index is 0.0124. The zero-order valence-electron chi connectivity index (χ0n) is 38.6. The Kier molecular flexibility index (Phi) is 12.1. The molecule has 15 heteroatoms. The summed E-state index contributed by atoms with van der Waals surface area (Å²) in [6.45, 7) is 12.4. The van der Waals surface area contributed by atoms with Crippen LogP contribution in [0.5, 0.6) is 5.75 Å². The summed E-state index contributed by atoms with van der Waals surface area (Å²) in [7, 11) is 2.62. The number of aromatic amines is 1. The summed E-state index contributed by atoms with van der Waals surface area (Å²) in [5.41, 5.74) is 7.99. The molecule has 15 nitrogen and oxygen atoms in total. The summed E-state index contributed by atoms with van der Waals surface area (Å²) in [6.07, 6.45) is 5.72. The Balaban J connectivity index is 0.934. The lowest BCUT2D eigenvalue weighted by Gasteiger charge is -2.39. The number of hydrogen-bond donors (Lipinski definition) is 3. The molecular formula is C50H61N7O8. The van der Waals surface area contributed by atoms with Crippen LogP contribution in [0.3, 0.4) is 0 Å². The van der Waals surface area contributed by atoms with Gasteiger partial charge in [0, 0.05) is 29.8 Å². The number of aromatic nitrogens is 2. The zero-order chi connectivity index (χ0) is 45.8. The number of rotatable bonds is 9. The van der Waals surface area contributed by atoms with E-state index >= 15 is 0 Å². The maximum absolute atomic E-state index is 14.6. The van der Waals surface area contributed by atoms with Crippen LogP contribution in [-0.2, 0) is 36.8 Å². The van der Waals surface area contributed by atoms with E-state index in [2.05, 4.69) is 65.0 Å². The van der Waals surface area contributed by atoms with Crippen LogP contribution < -0.4 is 15.4 Å². The van der Waals surface area contributed by atoms with Crippen LogP contribution in [0.15, 0.2) is 53.7 Å². The lowest BCUT2D eigenvalue weighted by Crippen LogP contribution is -2.57. The van der Waals surface area contributed by atoms with Crippen molar-refractivity contribution in [2.24, 2.45) is 16.8 Å². The number of carbonyl (C=O) groups is 4. The molecule has 3 aromatic carbocycles. The Hall–Kier alpha value is -5.96. The molecule has 0 bridgehead atoms. The number of ether oxygens (including phenoxy) is 4. The first kappa shape index (κ1) is 44.3. The van der Waals surface area contributed by atoms with Gasteiger partial charge in [-0.05, 0) is 135 Å². The van der Waals surface area contributed by atoms with E-state index in [1.54, 1.807) is 0 Å². The van der Waals surface area contributed by atoms with E-state index in [0.717, 1.165) is 87.1 Å². The van der Waals surface area contributed by atoms with Crippen LogP contribution >= 0.6 is 0 Å². The standard InChI is InChI=1S/C50H61N7O8/c1-25(2)44(54-49(60)62-7)47(58)57-27(4)10-16-42(57)46-51-23-40(53-46)31-11-13-34-33(19-31)24-64-43-22-35-30(20-37(34)43)12-14-38-36(35)21-39(52-38)41-15-9-26(3)56(41)48(59)45(55-50(61)63-8)32-17-28(5)65-29(6)18-32/h11-14,19-20,22-23,25-29,32,41-42,44-45H,9-10,15-18,21,24H2,1-8H3,(H,51,53)(H,54,60)(H,55,61)/t26-,27-,28-,29+,32?,41-,42-,44-,45+/m0/s1. The summed E-state index contributed by atoms with van der Waals surface area (Å²) >= 11 is 0. The molecule has 5 aliphatic heterocycles. The SMILES string of the molecule is COC(=O)N[C@H](C(=O)N1[C@@H](C)CC[C@H]1c1ncc(-c2ccc3c(c2)COc2cc4c5c(ccc4cc2-3)N=C([C@@H]2CC[C@H](C)N2C(=O)[C@H](NC(=O)OC)C2C[C@@H](C)O[C@@H](C)C2)C5)[nH]1)C(C)C. The van der Waals surface area contributed by atoms with Gasteiger partial charge in [-0.15, -0.1) is 0 Å². The molecular weight excluding hydrogens is 827 g/mol. The average Bonchev–Trinajstić information content (AvgIpc) is 4.11. The van der Waals surface area contributed by atoms with E-state index < -0.39 is 24.3 Å². The van der Waals surface area contributed by atoms with Crippen LogP contribution in [0.25, 0.3) is 33.2 Å². The molecule has 1 aromatic heterocycles. The largest absolute Gasteiger partial charge is 0.488 e. The van der Waals surface area contributed by atoms with Crippen molar-refractivity contribution in [3.05, 3.63) is 65.6 Å². The number of aliphatic imine (C=N–C) groups is 1. The molecule has 0 aliphatic carbocycles. The van der Waals surface area contributed by atoms with Gasteiger partial charge in [0.25, 0.3) is 0 Å². The molecule has 344 valence electrons. The number of likely N-dealkylation sites (tertiary alicyclic amines) is 2.